The second-order valence-corrected chi connectivity index (χ2v) is 5.42. The predicted molar refractivity (Wildman–Crippen MR) is 81.7 cm³/mol. The van der Waals surface area contributed by atoms with Gasteiger partial charge < -0.3 is 23.7 Å². The number of hydrogen-bond acceptors (Lipinski definition) is 8. The number of methoxy groups -OCH3 is 1. The predicted octanol–water partition coefficient (Wildman–Crippen LogP) is 0.976. The molecule has 5 unspecified atom stereocenters. The molecule has 1 aliphatic rings. The van der Waals surface area contributed by atoms with Crippen LogP contribution in [-0.2, 0) is 38.1 Å². The Hall–Kier alpha value is -1.93. The standard InChI is InChI=1S/C16H24O8/c1-6-7-12-13(8-21-9(2)17)24-16(20-5)15(23-11(4)19)14(12)22-10(3)18/h6,12-16H,1,7-8H2,2-5H3. The molecule has 0 bridgehead atoms. The number of hydrogen-bond donors (Lipinski definition) is 0. The lowest BCUT2D eigenvalue weighted by atomic mass is 9.86. The molecule has 8 nitrogen and oxygen atoms in total. The van der Waals surface area contributed by atoms with Crippen molar-refractivity contribution in [2.45, 2.75) is 51.8 Å². The van der Waals surface area contributed by atoms with Gasteiger partial charge in [-0.05, 0) is 6.42 Å². The molecule has 0 aromatic heterocycles. The van der Waals surface area contributed by atoms with Gasteiger partial charge >= 0.3 is 17.9 Å². The molecule has 1 fully saturated rings. The average molecular weight is 344 g/mol. The lowest BCUT2D eigenvalue weighted by Crippen LogP contribution is -2.58. The van der Waals surface area contributed by atoms with Gasteiger partial charge in [0.25, 0.3) is 0 Å². The first-order chi connectivity index (χ1) is 11.3. The average Bonchev–Trinajstić information content (AvgIpc) is 2.48. The SMILES string of the molecule is C=CCC1C(COC(C)=O)OC(OC)C(OC(C)=O)C1OC(C)=O. The fourth-order valence-corrected chi connectivity index (χ4v) is 2.65. The van der Waals surface area contributed by atoms with E-state index in [0.717, 1.165) is 0 Å². The molecule has 0 saturated carbocycles. The highest BCUT2D eigenvalue weighted by atomic mass is 16.7. The van der Waals surface area contributed by atoms with Gasteiger partial charge in [-0.1, -0.05) is 6.08 Å². The summed E-state index contributed by atoms with van der Waals surface area (Å²) in [6, 6.07) is 0. The van der Waals surface area contributed by atoms with E-state index >= 15 is 0 Å². The maximum absolute atomic E-state index is 11.5. The third kappa shape index (κ3) is 5.61. The molecule has 0 amide bonds. The Labute approximate surface area is 141 Å². The van der Waals surface area contributed by atoms with Crippen molar-refractivity contribution in [1.82, 2.24) is 0 Å². The smallest absolute Gasteiger partial charge is 0.303 e. The fourth-order valence-electron chi connectivity index (χ4n) is 2.65. The zero-order chi connectivity index (χ0) is 18.3. The normalized spacial score (nSPS) is 29.4. The number of allylic oxidation sites excluding steroid dienone is 1. The van der Waals surface area contributed by atoms with Crippen LogP contribution in [0, 0.1) is 5.92 Å². The van der Waals surface area contributed by atoms with E-state index in [4.69, 9.17) is 23.7 Å². The van der Waals surface area contributed by atoms with Gasteiger partial charge in [-0.2, -0.15) is 0 Å². The monoisotopic (exact) mass is 344 g/mol. The Morgan fingerprint density at radius 2 is 1.62 bits per heavy atom. The van der Waals surface area contributed by atoms with Crippen LogP contribution in [0.25, 0.3) is 0 Å². The zero-order valence-electron chi connectivity index (χ0n) is 14.4. The highest BCUT2D eigenvalue weighted by Crippen LogP contribution is 2.33. The highest BCUT2D eigenvalue weighted by molar-refractivity contribution is 5.67. The number of rotatable bonds is 7. The molecule has 8 heteroatoms. The molecule has 1 aliphatic heterocycles. The van der Waals surface area contributed by atoms with E-state index in [2.05, 4.69) is 6.58 Å². The van der Waals surface area contributed by atoms with Gasteiger partial charge in [-0.15, -0.1) is 6.58 Å². The molecule has 0 aliphatic carbocycles. The first-order valence-electron chi connectivity index (χ1n) is 7.57. The molecular weight excluding hydrogens is 320 g/mol. The molecule has 1 heterocycles. The van der Waals surface area contributed by atoms with Crippen LogP contribution in [0.1, 0.15) is 27.2 Å². The molecule has 0 N–H and O–H groups in total. The summed E-state index contributed by atoms with van der Waals surface area (Å²) in [4.78, 5) is 34.0. The van der Waals surface area contributed by atoms with Crippen LogP contribution in [0.5, 0.6) is 0 Å². The Morgan fingerprint density at radius 1 is 1.04 bits per heavy atom. The van der Waals surface area contributed by atoms with E-state index in [1.807, 2.05) is 0 Å². The summed E-state index contributed by atoms with van der Waals surface area (Å²) >= 11 is 0. The Morgan fingerprint density at radius 3 is 2.08 bits per heavy atom. The summed E-state index contributed by atoms with van der Waals surface area (Å²) < 4.78 is 26.6. The molecule has 0 aromatic carbocycles. The minimum absolute atomic E-state index is 0.0434. The third-order valence-electron chi connectivity index (χ3n) is 3.53. The molecule has 5 atom stereocenters. The fraction of sp³-hybridized carbons (Fsp3) is 0.688. The highest BCUT2D eigenvalue weighted by Gasteiger charge is 2.49. The van der Waals surface area contributed by atoms with E-state index in [1.54, 1.807) is 6.08 Å². The van der Waals surface area contributed by atoms with Gasteiger partial charge in [-0.25, -0.2) is 0 Å². The maximum Gasteiger partial charge on any atom is 0.303 e. The Balaban J connectivity index is 3.12. The van der Waals surface area contributed by atoms with Gasteiger partial charge in [0, 0.05) is 33.8 Å². The van der Waals surface area contributed by atoms with Crippen LogP contribution >= 0.6 is 0 Å². The molecule has 136 valence electrons. The van der Waals surface area contributed by atoms with E-state index in [0.29, 0.717) is 6.42 Å². The van der Waals surface area contributed by atoms with Gasteiger partial charge in [0.05, 0.1) is 0 Å². The van der Waals surface area contributed by atoms with Crippen LogP contribution in [-0.4, -0.2) is 56.2 Å². The topological polar surface area (TPSA) is 97.4 Å². The van der Waals surface area contributed by atoms with Crippen LogP contribution < -0.4 is 0 Å². The molecular formula is C16H24O8. The van der Waals surface area contributed by atoms with Crippen LogP contribution in [0.15, 0.2) is 12.7 Å². The molecule has 0 spiro atoms. The summed E-state index contributed by atoms with van der Waals surface area (Å²) in [6.07, 6.45) is -1.28. The zero-order valence-corrected chi connectivity index (χ0v) is 14.4. The van der Waals surface area contributed by atoms with Crippen molar-refractivity contribution < 1.29 is 38.1 Å². The summed E-state index contributed by atoms with van der Waals surface area (Å²) in [6.45, 7) is 7.42. The van der Waals surface area contributed by atoms with Gasteiger partial charge in [0.1, 0.15) is 18.8 Å². The molecule has 1 saturated heterocycles. The lowest BCUT2D eigenvalue weighted by molar-refractivity contribution is -0.289. The molecule has 0 aromatic rings. The quantitative estimate of drug-likeness (QED) is 0.383. The minimum atomic E-state index is -0.958. The van der Waals surface area contributed by atoms with E-state index in [9.17, 15) is 14.4 Å². The van der Waals surface area contributed by atoms with E-state index < -0.39 is 48.4 Å². The third-order valence-corrected chi connectivity index (χ3v) is 3.53. The number of esters is 3. The molecule has 0 radical (unpaired) electrons. The summed E-state index contributed by atoms with van der Waals surface area (Å²) in [5.41, 5.74) is 0. The van der Waals surface area contributed by atoms with Gasteiger partial charge in [0.2, 0.25) is 0 Å². The van der Waals surface area contributed by atoms with Crippen molar-refractivity contribution >= 4 is 17.9 Å². The summed E-state index contributed by atoms with van der Waals surface area (Å²) in [7, 11) is 1.38. The van der Waals surface area contributed by atoms with Crippen LogP contribution in [0.2, 0.25) is 0 Å². The number of carbonyl (C=O) groups is 3. The number of ether oxygens (including phenoxy) is 5. The summed E-state index contributed by atoms with van der Waals surface area (Å²) in [5.74, 6) is -1.97. The van der Waals surface area contributed by atoms with Gasteiger partial charge in [-0.3, -0.25) is 14.4 Å². The first-order valence-corrected chi connectivity index (χ1v) is 7.57. The van der Waals surface area contributed by atoms with Crippen LogP contribution in [0.4, 0.5) is 0 Å². The van der Waals surface area contributed by atoms with Crippen molar-refractivity contribution in [2.75, 3.05) is 13.7 Å². The van der Waals surface area contributed by atoms with Crippen molar-refractivity contribution in [2.24, 2.45) is 5.92 Å². The largest absolute Gasteiger partial charge is 0.463 e. The van der Waals surface area contributed by atoms with Crippen molar-refractivity contribution in [3.63, 3.8) is 0 Å². The second kappa shape index (κ2) is 9.39. The molecule has 24 heavy (non-hydrogen) atoms. The van der Waals surface area contributed by atoms with Crippen molar-refractivity contribution in [1.29, 1.82) is 0 Å². The second-order valence-electron chi connectivity index (χ2n) is 5.42. The minimum Gasteiger partial charge on any atom is -0.463 e. The van der Waals surface area contributed by atoms with E-state index in [-0.39, 0.29) is 6.61 Å². The molecule has 1 rings (SSSR count). The lowest BCUT2D eigenvalue weighted by Gasteiger charge is -2.44. The summed E-state index contributed by atoms with van der Waals surface area (Å²) in [5, 5.41) is 0. The maximum atomic E-state index is 11.5. The van der Waals surface area contributed by atoms with Crippen molar-refractivity contribution in [3.8, 4) is 0 Å². The van der Waals surface area contributed by atoms with Crippen molar-refractivity contribution in [3.05, 3.63) is 12.7 Å². The van der Waals surface area contributed by atoms with E-state index in [1.165, 1.54) is 27.9 Å². The Kier molecular flexibility index (Phi) is 7.87. The van der Waals surface area contributed by atoms with Crippen LogP contribution in [0.3, 0.4) is 0 Å². The first kappa shape index (κ1) is 20.1. The number of carbonyl (C=O) groups excluding carboxylic acids is 3. The Bertz CT molecular complexity index is 475. The van der Waals surface area contributed by atoms with Gasteiger partial charge in [0.15, 0.2) is 12.4 Å².